The van der Waals surface area contributed by atoms with Crippen LogP contribution in [0.4, 0.5) is 0 Å². The lowest BCUT2D eigenvalue weighted by Crippen LogP contribution is -2.46. The van der Waals surface area contributed by atoms with Crippen molar-refractivity contribution in [2.75, 3.05) is 13.6 Å². The van der Waals surface area contributed by atoms with Gasteiger partial charge in [0.15, 0.2) is 6.29 Å². The van der Waals surface area contributed by atoms with Gasteiger partial charge in [0.05, 0.1) is 36.0 Å². The first kappa shape index (κ1) is 36.9. The summed E-state index contributed by atoms with van der Waals surface area (Å²) in [4.78, 5) is 38.8. The summed E-state index contributed by atoms with van der Waals surface area (Å²) in [7, 11) is 1.99. The second-order valence-corrected chi connectivity index (χ2v) is 13.8. The van der Waals surface area contributed by atoms with Crippen molar-refractivity contribution >= 4 is 17.8 Å². The summed E-state index contributed by atoms with van der Waals surface area (Å²) in [6.45, 7) is 2.66. The number of carbonyl (C=O) groups is 3. The molecule has 6 atom stereocenters. The Morgan fingerprint density at radius 1 is 0.759 bits per heavy atom. The van der Waals surface area contributed by atoms with Crippen LogP contribution >= 0.6 is 0 Å². The van der Waals surface area contributed by atoms with E-state index >= 15 is 0 Å². The van der Waals surface area contributed by atoms with Crippen molar-refractivity contribution in [1.82, 2.24) is 10.2 Å². The van der Waals surface area contributed by atoms with Crippen molar-refractivity contribution in [3.05, 3.63) is 177 Å². The van der Waals surface area contributed by atoms with Crippen molar-refractivity contribution < 1.29 is 38.8 Å². The Hall–Kier alpha value is -5.49. The van der Waals surface area contributed by atoms with E-state index < -0.39 is 36.3 Å². The molecule has 3 N–H and O–H groups in total. The molecule has 1 fully saturated rings. The molecule has 0 aromatic heterocycles. The Kier molecular flexibility index (Phi) is 11.1. The molecule has 1 unspecified atom stereocenters. The molecule has 0 spiro atoms. The van der Waals surface area contributed by atoms with Crippen LogP contribution in [0.3, 0.4) is 0 Å². The molecule has 10 nitrogen and oxygen atoms in total. The molecule has 0 saturated carbocycles. The number of aliphatic hydroxyl groups excluding tert-OH is 2. The molecule has 5 aromatic rings. The number of fused-ring (bicyclic) bond motifs is 1. The summed E-state index contributed by atoms with van der Waals surface area (Å²) < 4.78 is 18.4. The van der Waals surface area contributed by atoms with Crippen LogP contribution in [0.5, 0.6) is 0 Å². The first-order valence-electron chi connectivity index (χ1n) is 18.0. The minimum absolute atomic E-state index is 0.0650. The predicted octanol–water partition coefficient (Wildman–Crippen LogP) is 6.41. The van der Waals surface area contributed by atoms with Gasteiger partial charge in [0, 0.05) is 36.2 Å². The van der Waals surface area contributed by atoms with Crippen molar-refractivity contribution in [2.45, 2.75) is 56.6 Å². The third kappa shape index (κ3) is 7.89. The number of amides is 1. The van der Waals surface area contributed by atoms with Gasteiger partial charge in [-0.05, 0) is 60.0 Å². The van der Waals surface area contributed by atoms with Gasteiger partial charge < -0.3 is 29.7 Å². The molecule has 1 amide bonds. The summed E-state index contributed by atoms with van der Waals surface area (Å²) in [5, 5.41) is 23.9. The average Bonchev–Trinajstić information content (AvgIpc) is 3.51. The van der Waals surface area contributed by atoms with Gasteiger partial charge in [-0.1, -0.05) is 109 Å². The summed E-state index contributed by atoms with van der Waals surface area (Å²) in [6.07, 6.45) is -2.22. The molecule has 1 saturated heterocycles. The SMILES string of the molecule is C[C@@H]([C@H](O)c1ccccc1)N(C)C[C@H]1OC(c2ccc(CNC(=O)c3ccc4c(c3)C(=O)OC4=O)cc2)O[C@@H](c2ccc(CO)cc2)[C@@H]1c1ccccc1. The first-order chi connectivity index (χ1) is 26.2. The molecular weight excluding hydrogens is 684 g/mol. The average molecular weight is 727 g/mol. The van der Waals surface area contributed by atoms with Crippen LogP contribution in [0, 0.1) is 0 Å². The monoisotopic (exact) mass is 726 g/mol. The van der Waals surface area contributed by atoms with Crippen LogP contribution in [0.25, 0.3) is 0 Å². The van der Waals surface area contributed by atoms with Gasteiger partial charge in [-0.2, -0.15) is 0 Å². The van der Waals surface area contributed by atoms with E-state index in [1.54, 1.807) is 0 Å². The van der Waals surface area contributed by atoms with Gasteiger partial charge in [-0.15, -0.1) is 0 Å². The van der Waals surface area contributed by atoms with Crippen molar-refractivity contribution in [3.63, 3.8) is 0 Å². The molecule has 2 aliphatic rings. The molecule has 2 heterocycles. The van der Waals surface area contributed by atoms with E-state index in [4.69, 9.17) is 9.47 Å². The van der Waals surface area contributed by atoms with Gasteiger partial charge in [-0.3, -0.25) is 9.69 Å². The van der Waals surface area contributed by atoms with Gasteiger partial charge >= 0.3 is 11.9 Å². The highest BCUT2D eigenvalue weighted by molar-refractivity contribution is 6.15. The molecule has 7 rings (SSSR count). The first-order valence-corrected chi connectivity index (χ1v) is 18.0. The van der Waals surface area contributed by atoms with E-state index in [-0.39, 0.29) is 47.9 Å². The zero-order valence-corrected chi connectivity index (χ0v) is 30.0. The van der Waals surface area contributed by atoms with Crippen LogP contribution in [-0.2, 0) is 27.4 Å². The number of nitrogens with zero attached hydrogens (tertiary/aromatic N) is 1. The van der Waals surface area contributed by atoms with Crippen LogP contribution < -0.4 is 5.32 Å². The van der Waals surface area contributed by atoms with E-state index in [1.165, 1.54) is 18.2 Å². The molecule has 10 heteroatoms. The summed E-state index contributed by atoms with van der Waals surface area (Å²) >= 11 is 0. The maximum Gasteiger partial charge on any atom is 0.346 e. The number of carbonyl (C=O) groups excluding carboxylic acids is 3. The fourth-order valence-corrected chi connectivity index (χ4v) is 7.09. The Morgan fingerprint density at radius 3 is 2.07 bits per heavy atom. The quantitative estimate of drug-likeness (QED) is 0.0985. The fourth-order valence-electron chi connectivity index (χ4n) is 7.09. The largest absolute Gasteiger partial charge is 0.392 e. The van der Waals surface area contributed by atoms with Gasteiger partial charge in [0.25, 0.3) is 5.91 Å². The standard InChI is InChI=1S/C44H42N2O8/c1-27(39(48)31-11-7-4-8-12-31)46(2)25-37-38(30-9-5-3-6-10-30)40(32-17-15-29(26-47)16-18-32)53-44(52-37)33-19-13-28(14-20-33)24-45-41(49)34-21-22-35-36(23-34)43(51)54-42(35)50/h3-23,27,37-40,44,47-48H,24-26H2,1-2H3,(H,45,49)/t27-,37+,38+,39-,40-,44?/m0/s1. The molecule has 5 aromatic carbocycles. The second kappa shape index (κ2) is 16.3. The van der Waals surface area contributed by atoms with Crippen LogP contribution in [0.1, 0.15) is 95.8 Å². The Bertz CT molecular complexity index is 2090. The summed E-state index contributed by atoms with van der Waals surface area (Å²) in [6, 6.07) is 39.3. The molecule has 0 aliphatic carbocycles. The number of likely N-dealkylation sites (N-methyl/N-ethyl adjacent to an activating group) is 1. The summed E-state index contributed by atoms with van der Waals surface area (Å²) in [5.41, 5.74) is 5.73. The lowest BCUT2D eigenvalue weighted by Gasteiger charge is -2.45. The highest BCUT2D eigenvalue weighted by atomic mass is 16.7. The topological polar surface area (TPSA) is 135 Å². The minimum atomic E-state index is -0.764. The van der Waals surface area contributed by atoms with Crippen LogP contribution in [-0.4, -0.2) is 58.7 Å². The molecule has 276 valence electrons. The van der Waals surface area contributed by atoms with Crippen LogP contribution in [0.15, 0.2) is 127 Å². The van der Waals surface area contributed by atoms with Crippen LogP contribution in [0.2, 0.25) is 0 Å². The number of esters is 2. The molecule has 0 radical (unpaired) electrons. The van der Waals surface area contributed by atoms with E-state index in [2.05, 4.69) is 27.1 Å². The summed E-state index contributed by atoms with van der Waals surface area (Å²) in [5.74, 6) is -2.09. The zero-order valence-electron chi connectivity index (χ0n) is 30.0. The Morgan fingerprint density at radius 2 is 1.39 bits per heavy atom. The number of nitrogens with one attached hydrogen (secondary N) is 1. The second-order valence-electron chi connectivity index (χ2n) is 13.8. The number of hydrogen-bond donors (Lipinski definition) is 3. The highest BCUT2D eigenvalue weighted by Gasteiger charge is 2.43. The third-order valence-corrected chi connectivity index (χ3v) is 10.3. The number of aliphatic hydroxyl groups is 2. The van der Waals surface area contributed by atoms with Gasteiger partial charge in [0.1, 0.15) is 0 Å². The van der Waals surface area contributed by atoms with E-state index in [1.807, 2.05) is 111 Å². The van der Waals surface area contributed by atoms with Gasteiger partial charge in [-0.25, -0.2) is 9.59 Å². The highest BCUT2D eigenvalue weighted by Crippen LogP contribution is 2.47. The van der Waals surface area contributed by atoms with Crippen molar-refractivity contribution in [1.29, 1.82) is 0 Å². The minimum Gasteiger partial charge on any atom is -0.392 e. The number of rotatable bonds is 12. The molecule has 0 bridgehead atoms. The molecular formula is C44H42N2O8. The molecule has 54 heavy (non-hydrogen) atoms. The Balaban J connectivity index is 1.13. The normalized spacial score (nSPS) is 20.6. The predicted molar refractivity (Wildman–Crippen MR) is 200 cm³/mol. The van der Waals surface area contributed by atoms with Crippen molar-refractivity contribution in [3.8, 4) is 0 Å². The zero-order chi connectivity index (χ0) is 37.8. The van der Waals surface area contributed by atoms with E-state index in [0.29, 0.717) is 6.54 Å². The number of benzene rings is 5. The van der Waals surface area contributed by atoms with E-state index in [9.17, 15) is 24.6 Å². The van der Waals surface area contributed by atoms with Crippen molar-refractivity contribution in [2.24, 2.45) is 0 Å². The van der Waals surface area contributed by atoms with Gasteiger partial charge in [0.2, 0.25) is 0 Å². The number of cyclic esters (lactones) is 2. The maximum atomic E-state index is 13.0. The smallest absolute Gasteiger partial charge is 0.346 e. The lowest BCUT2D eigenvalue weighted by molar-refractivity contribution is -0.264. The Labute approximate surface area is 313 Å². The number of ether oxygens (including phenoxy) is 3. The van der Waals surface area contributed by atoms with E-state index in [0.717, 1.165) is 33.4 Å². The third-order valence-electron chi connectivity index (χ3n) is 10.3. The lowest BCUT2D eigenvalue weighted by atomic mass is 9.83. The molecule has 2 aliphatic heterocycles. The fraction of sp³-hybridized carbons (Fsp3) is 0.250. The maximum absolute atomic E-state index is 13.0. The number of hydrogen-bond acceptors (Lipinski definition) is 9.